The molecule has 1 amide bonds. The van der Waals surface area contributed by atoms with Gasteiger partial charge in [0.25, 0.3) is 0 Å². The first-order valence-electron chi connectivity index (χ1n) is 12.6. The van der Waals surface area contributed by atoms with E-state index in [2.05, 4.69) is 16.5 Å². The molecule has 0 radical (unpaired) electrons. The minimum absolute atomic E-state index is 0.0277. The van der Waals surface area contributed by atoms with Crippen LogP contribution in [-0.4, -0.2) is 56.5 Å². The van der Waals surface area contributed by atoms with Crippen LogP contribution in [-0.2, 0) is 11.2 Å². The number of anilines is 1. The zero-order valence-corrected chi connectivity index (χ0v) is 21.3. The van der Waals surface area contributed by atoms with Gasteiger partial charge in [-0.25, -0.2) is 14.6 Å². The van der Waals surface area contributed by atoms with Gasteiger partial charge in [0.05, 0.1) is 18.5 Å². The van der Waals surface area contributed by atoms with Crippen molar-refractivity contribution in [3.05, 3.63) is 78.6 Å². The lowest BCUT2D eigenvalue weighted by atomic mass is 10.0. The third-order valence-electron chi connectivity index (χ3n) is 7.01. The van der Waals surface area contributed by atoms with Crippen molar-refractivity contribution in [2.24, 2.45) is 0 Å². The smallest absolute Gasteiger partial charge is 0.246 e. The molecular formula is C29H30N6O3. The predicted octanol–water partition coefficient (Wildman–Crippen LogP) is 4.25. The normalized spacial score (nSPS) is 15.4. The van der Waals surface area contributed by atoms with E-state index in [1.807, 2.05) is 41.1 Å². The van der Waals surface area contributed by atoms with E-state index in [-0.39, 0.29) is 17.7 Å². The fraction of sp³-hybridized carbons (Fsp3) is 0.276. The summed E-state index contributed by atoms with van der Waals surface area (Å²) in [4.78, 5) is 35.4. The van der Waals surface area contributed by atoms with Crippen LogP contribution in [0.2, 0.25) is 0 Å². The molecule has 0 bridgehead atoms. The second kappa shape index (κ2) is 10.8. The summed E-state index contributed by atoms with van der Waals surface area (Å²) in [6, 6.07) is 15.2. The highest BCUT2D eigenvalue weighted by Gasteiger charge is 2.28. The summed E-state index contributed by atoms with van der Waals surface area (Å²) >= 11 is 0. The number of amides is 1. The Balaban J connectivity index is 1.38. The number of carbonyl (C=O) groups excluding carboxylic acids is 2. The summed E-state index contributed by atoms with van der Waals surface area (Å²) in [6.45, 7) is 4.85. The zero-order chi connectivity index (χ0) is 26.6. The molecule has 1 fully saturated rings. The van der Waals surface area contributed by atoms with Crippen LogP contribution in [0.1, 0.15) is 41.2 Å². The van der Waals surface area contributed by atoms with E-state index in [4.69, 9.17) is 15.6 Å². The molecule has 5 rings (SSSR count). The Morgan fingerprint density at radius 2 is 2.00 bits per heavy atom. The Kier molecular flexibility index (Phi) is 7.17. The zero-order valence-electron chi connectivity index (χ0n) is 21.3. The molecule has 1 aliphatic heterocycles. The molecule has 0 unspecified atom stereocenters. The first-order chi connectivity index (χ1) is 18.5. The number of Topliss-reactive ketones (excluding diaryl/α,β-unsaturated/α-hetero) is 1. The van der Waals surface area contributed by atoms with Crippen molar-refractivity contribution < 1.29 is 14.3 Å². The highest BCUT2D eigenvalue weighted by molar-refractivity contribution is 5.98. The standard InChI is InChI=1S/C29H30N6O3/c1-3-25(37)34-15-5-7-22(17-34)35-29-26(28(30)31-18-32-29)27(33-35)20-12-9-19(10-13-20)11-14-24(36)21-6-4-8-23(16-21)38-2/h3-4,6,8-10,12-13,16,18,22H,1,5,7,11,14-15,17H2,2H3,(H2,30,31,32)/t22-/m1/s1. The second-order valence-electron chi connectivity index (χ2n) is 9.39. The Morgan fingerprint density at radius 3 is 2.76 bits per heavy atom. The number of nitrogens with zero attached hydrogens (tertiary/aromatic N) is 5. The monoisotopic (exact) mass is 510 g/mol. The van der Waals surface area contributed by atoms with Crippen molar-refractivity contribution in [2.45, 2.75) is 31.7 Å². The molecular weight excluding hydrogens is 480 g/mol. The number of nitrogen functional groups attached to an aromatic ring is 1. The van der Waals surface area contributed by atoms with Crippen molar-refractivity contribution in [1.82, 2.24) is 24.6 Å². The lowest BCUT2D eigenvalue weighted by Gasteiger charge is -2.32. The number of aromatic nitrogens is 4. The molecule has 2 N–H and O–H groups in total. The first kappa shape index (κ1) is 25.1. The van der Waals surface area contributed by atoms with Crippen molar-refractivity contribution in [3.63, 3.8) is 0 Å². The third-order valence-corrected chi connectivity index (χ3v) is 7.01. The summed E-state index contributed by atoms with van der Waals surface area (Å²) < 4.78 is 7.11. The van der Waals surface area contributed by atoms with Crippen LogP contribution in [0.15, 0.2) is 67.5 Å². The second-order valence-corrected chi connectivity index (χ2v) is 9.39. The highest BCUT2D eigenvalue weighted by atomic mass is 16.5. The molecule has 1 atom stereocenters. The number of aryl methyl sites for hydroxylation is 1. The summed E-state index contributed by atoms with van der Waals surface area (Å²) in [5.41, 5.74) is 10.2. The van der Waals surface area contributed by atoms with E-state index in [1.165, 1.54) is 12.4 Å². The maximum absolute atomic E-state index is 12.7. The van der Waals surface area contributed by atoms with E-state index >= 15 is 0 Å². The van der Waals surface area contributed by atoms with Gasteiger partial charge in [-0.15, -0.1) is 0 Å². The molecule has 1 saturated heterocycles. The number of piperidine rings is 1. The van der Waals surface area contributed by atoms with Gasteiger partial charge in [0.2, 0.25) is 5.91 Å². The van der Waals surface area contributed by atoms with E-state index in [0.29, 0.717) is 59.8 Å². The topological polar surface area (TPSA) is 116 Å². The Morgan fingerprint density at radius 1 is 1.18 bits per heavy atom. The number of nitrogens with two attached hydrogens (primary N) is 1. The van der Waals surface area contributed by atoms with Crippen molar-refractivity contribution in [3.8, 4) is 17.0 Å². The average Bonchev–Trinajstić information content (AvgIpc) is 3.37. The summed E-state index contributed by atoms with van der Waals surface area (Å²) in [6.07, 6.45) is 5.54. The maximum Gasteiger partial charge on any atom is 0.246 e. The van der Waals surface area contributed by atoms with E-state index in [0.717, 1.165) is 24.0 Å². The highest BCUT2D eigenvalue weighted by Crippen LogP contribution is 2.34. The number of methoxy groups -OCH3 is 1. The molecule has 3 heterocycles. The molecule has 2 aromatic carbocycles. The van der Waals surface area contributed by atoms with Gasteiger partial charge in [-0.2, -0.15) is 5.10 Å². The molecule has 9 heteroatoms. The predicted molar refractivity (Wildman–Crippen MR) is 146 cm³/mol. The van der Waals surface area contributed by atoms with Crippen LogP contribution in [0, 0.1) is 0 Å². The first-order valence-corrected chi connectivity index (χ1v) is 12.6. The SMILES string of the molecule is C=CC(=O)N1CCC[C@@H](n2nc(-c3ccc(CCC(=O)c4cccc(OC)c4)cc3)c3c(N)ncnc32)C1. The minimum Gasteiger partial charge on any atom is -0.497 e. The molecule has 4 aromatic rings. The molecule has 0 spiro atoms. The van der Waals surface area contributed by atoms with Crippen molar-refractivity contribution in [1.29, 1.82) is 0 Å². The average molecular weight is 511 g/mol. The Labute approximate surface area is 220 Å². The third kappa shape index (κ3) is 5.00. The van der Waals surface area contributed by atoms with Crippen LogP contribution in [0.5, 0.6) is 5.75 Å². The number of carbonyl (C=O) groups is 2. The number of ether oxygens (including phenoxy) is 1. The van der Waals surface area contributed by atoms with Crippen molar-refractivity contribution in [2.75, 3.05) is 25.9 Å². The van der Waals surface area contributed by atoms with Gasteiger partial charge in [-0.1, -0.05) is 43.0 Å². The molecule has 1 aliphatic rings. The quantitative estimate of drug-likeness (QED) is 0.278. The van der Waals surface area contributed by atoms with Gasteiger partial charge in [0, 0.05) is 30.6 Å². The van der Waals surface area contributed by atoms with Crippen LogP contribution < -0.4 is 10.5 Å². The number of likely N-dealkylation sites (tertiary alicyclic amines) is 1. The number of hydrogen-bond donors (Lipinski definition) is 1. The molecule has 0 aliphatic carbocycles. The largest absolute Gasteiger partial charge is 0.497 e. The summed E-state index contributed by atoms with van der Waals surface area (Å²) in [5, 5.41) is 5.62. The minimum atomic E-state index is -0.0824. The molecule has 9 nitrogen and oxygen atoms in total. The Bertz CT molecular complexity index is 1490. The van der Waals surface area contributed by atoms with Crippen LogP contribution in [0.25, 0.3) is 22.3 Å². The Hall–Kier alpha value is -4.53. The number of ketones is 1. The molecule has 0 saturated carbocycles. The number of rotatable bonds is 8. The fourth-order valence-electron chi connectivity index (χ4n) is 4.96. The molecule has 2 aromatic heterocycles. The van der Waals surface area contributed by atoms with Gasteiger partial charge in [0.1, 0.15) is 23.6 Å². The summed E-state index contributed by atoms with van der Waals surface area (Å²) in [7, 11) is 1.59. The van der Waals surface area contributed by atoms with Gasteiger partial charge < -0.3 is 15.4 Å². The number of fused-ring (bicyclic) bond motifs is 1. The van der Waals surface area contributed by atoms with Crippen LogP contribution >= 0.6 is 0 Å². The molecule has 38 heavy (non-hydrogen) atoms. The van der Waals surface area contributed by atoms with Crippen LogP contribution in [0.3, 0.4) is 0 Å². The number of hydrogen-bond acceptors (Lipinski definition) is 7. The lowest BCUT2D eigenvalue weighted by molar-refractivity contribution is -0.127. The van der Waals surface area contributed by atoms with Gasteiger partial charge >= 0.3 is 0 Å². The fourth-order valence-corrected chi connectivity index (χ4v) is 4.96. The van der Waals surface area contributed by atoms with Gasteiger partial charge in [0.15, 0.2) is 11.4 Å². The summed E-state index contributed by atoms with van der Waals surface area (Å²) in [5.74, 6) is 1.02. The lowest BCUT2D eigenvalue weighted by Crippen LogP contribution is -2.40. The number of benzene rings is 2. The van der Waals surface area contributed by atoms with E-state index in [1.54, 1.807) is 24.1 Å². The van der Waals surface area contributed by atoms with Gasteiger partial charge in [-0.05, 0) is 43.0 Å². The molecule has 194 valence electrons. The van der Waals surface area contributed by atoms with E-state index in [9.17, 15) is 9.59 Å². The van der Waals surface area contributed by atoms with E-state index < -0.39 is 0 Å². The van der Waals surface area contributed by atoms with Gasteiger partial charge in [-0.3, -0.25) is 9.59 Å². The van der Waals surface area contributed by atoms with Crippen LogP contribution in [0.4, 0.5) is 5.82 Å². The maximum atomic E-state index is 12.7. The van der Waals surface area contributed by atoms with Crippen molar-refractivity contribution >= 4 is 28.5 Å².